The predicted octanol–water partition coefficient (Wildman–Crippen LogP) is 6.59. The maximum atomic E-state index is 10.8. The summed E-state index contributed by atoms with van der Waals surface area (Å²) in [6.45, 7) is 5.25. The van der Waals surface area contributed by atoms with E-state index in [-0.39, 0.29) is 6.42 Å². The van der Waals surface area contributed by atoms with Crippen LogP contribution in [0, 0.1) is 6.92 Å². The van der Waals surface area contributed by atoms with Crippen molar-refractivity contribution in [1.82, 2.24) is 0 Å². The van der Waals surface area contributed by atoms with Crippen LogP contribution in [0.2, 0.25) is 0 Å². The van der Waals surface area contributed by atoms with Gasteiger partial charge in [-0.15, -0.1) is 0 Å². The maximum Gasteiger partial charge on any atom is 0.303 e. The summed E-state index contributed by atoms with van der Waals surface area (Å²) in [5.41, 5.74) is 5.60. The molecular weight excluding hydrogens is 412 g/mol. The third-order valence-electron chi connectivity index (χ3n) is 5.47. The number of carbonyl (C=O) groups is 1. The van der Waals surface area contributed by atoms with Gasteiger partial charge in [0.15, 0.2) is 0 Å². The largest absolute Gasteiger partial charge is 0.493 e. The molecular formula is C29H32O4. The van der Waals surface area contributed by atoms with Crippen molar-refractivity contribution in [3.8, 4) is 11.5 Å². The predicted molar refractivity (Wildman–Crippen MR) is 134 cm³/mol. The molecule has 0 amide bonds. The van der Waals surface area contributed by atoms with Gasteiger partial charge >= 0.3 is 5.97 Å². The highest BCUT2D eigenvalue weighted by Gasteiger charge is 2.05. The fourth-order valence-corrected chi connectivity index (χ4v) is 3.54. The highest BCUT2D eigenvalue weighted by Crippen LogP contribution is 2.24. The normalized spacial score (nSPS) is 11.0. The van der Waals surface area contributed by atoms with Crippen LogP contribution in [-0.2, 0) is 17.6 Å². The fourth-order valence-electron chi connectivity index (χ4n) is 3.54. The van der Waals surface area contributed by atoms with Crippen molar-refractivity contribution >= 4 is 18.1 Å². The number of aliphatic carboxylic acids is 1. The van der Waals surface area contributed by atoms with Gasteiger partial charge in [-0.3, -0.25) is 4.79 Å². The summed E-state index contributed by atoms with van der Waals surface area (Å²) in [6.07, 6.45) is 6.63. The second kappa shape index (κ2) is 12.5. The second-order valence-electron chi connectivity index (χ2n) is 8.00. The first-order chi connectivity index (χ1) is 16.0. The van der Waals surface area contributed by atoms with E-state index in [9.17, 15) is 4.79 Å². The lowest BCUT2D eigenvalue weighted by molar-refractivity contribution is -0.136. The van der Waals surface area contributed by atoms with Gasteiger partial charge in [-0.05, 0) is 66.3 Å². The van der Waals surface area contributed by atoms with E-state index in [0.717, 1.165) is 46.6 Å². The van der Waals surface area contributed by atoms with E-state index in [4.69, 9.17) is 14.6 Å². The number of rotatable bonds is 12. The van der Waals surface area contributed by atoms with Gasteiger partial charge in [-0.2, -0.15) is 0 Å². The number of aryl methyl sites for hydroxylation is 3. The Labute approximate surface area is 196 Å². The van der Waals surface area contributed by atoms with Crippen molar-refractivity contribution in [3.63, 3.8) is 0 Å². The maximum absolute atomic E-state index is 10.8. The molecule has 0 heterocycles. The fraction of sp³-hybridized carbons (Fsp3) is 0.276. The Bertz CT molecular complexity index is 1070. The van der Waals surface area contributed by atoms with Crippen LogP contribution < -0.4 is 9.47 Å². The van der Waals surface area contributed by atoms with Crippen LogP contribution in [0.4, 0.5) is 0 Å². The van der Waals surface area contributed by atoms with Crippen molar-refractivity contribution in [3.05, 3.63) is 94.5 Å². The summed E-state index contributed by atoms with van der Waals surface area (Å²) < 4.78 is 11.9. The lowest BCUT2D eigenvalue weighted by Gasteiger charge is -2.12. The highest BCUT2D eigenvalue weighted by molar-refractivity contribution is 5.73. The molecule has 4 heteroatoms. The van der Waals surface area contributed by atoms with E-state index in [0.29, 0.717) is 19.6 Å². The molecule has 4 nitrogen and oxygen atoms in total. The standard InChI is InChI=1S/C29H32O4/c1-3-23-11-16-28(26(21-23)12-10-24-8-5-4-6-9-24)33-19-7-18-32-27-15-13-25(22(2)20-27)14-17-29(30)31/h4-6,8-13,15-16,20-21H,3,7,14,17-19H2,1-2H3,(H,30,31). The topological polar surface area (TPSA) is 55.8 Å². The molecule has 172 valence electrons. The molecule has 0 saturated heterocycles. The smallest absolute Gasteiger partial charge is 0.303 e. The molecule has 0 aliphatic carbocycles. The molecule has 0 unspecified atom stereocenters. The Balaban J connectivity index is 1.51. The molecule has 33 heavy (non-hydrogen) atoms. The lowest BCUT2D eigenvalue weighted by atomic mass is 10.0. The Morgan fingerprint density at radius 2 is 1.73 bits per heavy atom. The van der Waals surface area contributed by atoms with Crippen molar-refractivity contribution in [1.29, 1.82) is 0 Å². The average Bonchev–Trinajstić information content (AvgIpc) is 2.83. The molecule has 0 fully saturated rings. The Morgan fingerprint density at radius 1 is 0.939 bits per heavy atom. The van der Waals surface area contributed by atoms with E-state index in [1.165, 1.54) is 5.56 Å². The summed E-state index contributed by atoms with van der Waals surface area (Å²) in [5, 5.41) is 8.85. The molecule has 3 aromatic rings. The molecule has 1 N–H and O–H groups in total. The summed E-state index contributed by atoms with van der Waals surface area (Å²) in [6, 6.07) is 22.4. The first-order valence-corrected chi connectivity index (χ1v) is 11.5. The van der Waals surface area contributed by atoms with E-state index in [2.05, 4.69) is 43.3 Å². The van der Waals surface area contributed by atoms with E-state index in [1.807, 2.05) is 49.4 Å². The number of hydrogen-bond acceptors (Lipinski definition) is 3. The van der Waals surface area contributed by atoms with Crippen molar-refractivity contribution in [2.75, 3.05) is 13.2 Å². The molecule has 0 spiro atoms. The minimum atomic E-state index is -0.780. The first kappa shape index (κ1) is 24.1. The number of carboxylic acid groups (broad SMARTS) is 1. The monoisotopic (exact) mass is 444 g/mol. The summed E-state index contributed by atoms with van der Waals surface area (Å²) in [5.74, 6) is 0.890. The summed E-state index contributed by atoms with van der Waals surface area (Å²) >= 11 is 0. The van der Waals surface area contributed by atoms with Crippen LogP contribution in [0.3, 0.4) is 0 Å². The summed E-state index contributed by atoms with van der Waals surface area (Å²) in [7, 11) is 0. The second-order valence-corrected chi connectivity index (χ2v) is 8.00. The van der Waals surface area contributed by atoms with Gasteiger partial charge in [-0.25, -0.2) is 0 Å². The van der Waals surface area contributed by atoms with Crippen molar-refractivity contribution in [2.45, 2.75) is 39.5 Å². The van der Waals surface area contributed by atoms with Gasteiger partial charge < -0.3 is 14.6 Å². The molecule has 3 rings (SSSR count). The van der Waals surface area contributed by atoms with Crippen LogP contribution in [0.1, 0.15) is 47.6 Å². The van der Waals surface area contributed by atoms with E-state index >= 15 is 0 Å². The van der Waals surface area contributed by atoms with Crippen LogP contribution >= 0.6 is 0 Å². The molecule has 3 aromatic carbocycles. The number of ether oxygens (including phenoxy) is 2. The van der Waals surface area contributed by atoms with Gasteiger partial charge in [0.2, 0.25) is 0 Å². The van der Waals surface area contributed by atoms with E-state index < -0.39 is 5.97 Å². The van der Waals surface area contributed by atoms with Crippen LogP contribution in [0.25, 0.3) is 12.2 Å². The number of benzene rings is 3. The number of hydrogen-bond donors (Lipinski definition) is 1. The molecule has 0 aliphatic rings. The molecule has 0 atom stereocenters. The van der Waals surface area contributed by atoms with Gasteiger partial charge in [0, 0.05) is 18.4 Å². The average molecular weight is 445 g/mol. The molecule has 0 aliphatic heterocycles. The highest BCUT2D eigenvalue weighted by atomic mass is 16.5. The number of carboxylic acids is 1. The molecule has 0 saturated carbocycles. The van der Waals surface area contributed by atoms with Crippen molar-refractivity contribution in [2.24, 2.45) is 0 Å². The molecule has 0 aromatic heterocycles. The zero-order valence-electron chi connectivity index (χ0n) is 19.4. The SMILES string of the molecule is CCc1ccc(OCCCOc2ccc(CCC(=O)O)c(C)c2)c(C=Cc2ccccc2)c1. The van der Waals surface area contributed by atoms with Crippen LogP contribution in [0.15, 0.2) is 66.7 Å². The third kappa shape index (κ3) is 7.83. The first-order valence-electron chi connectivity index (χ1n) is 11.5. The van der Waals surface area contributed by atoms with Gasteiger partial charge in [0.05, 0.1) is 13.2 Å². The third-order valence-corrected chi connectivity index (χ3v) is 5.47. The summed E-state index contributed by atoms with van der Waals surface area (Å²) in [4.78, 5) is 10.8. The molecule has 0 bridgehead atoms. The van der Waals surface area contributed by atoms with E-state index in [1.54, 1.807) is 0 Å². The van der Waals surface area contributed by atoms with Crippen LogP contribution in [-0.4, -0.2) is 24.3 Å². The Morgan fingerprint density at radius 3 is 2.45 bits per heavy atom. The lowest BCUT2D eigenvalue weighted by Crippen LogP contribution is -2.06. The molecule has 0 radical (unpaired) electrons. The zero-order chi connectivity index (χ0) is 23.5. The zero-order valence-corrected chi connectivity index (χ0v) is 19.4. The quantitative estimate of drug-likeness (QED) is 0.253. The minimum Gasteiger partial charge on any atom is -0.493 e. The Kier molecular flexibility index (Phi) is 9.13. The minimum absolute atomic E-state index is 0.139. The van der Waals surface area contributed by atoms with Crippen LogP contribution in [0.5, 0.6) is 11.5 Å². The van der Waals surface area contributed by atoms with Crippen molar-refractivity contribution < 1.29 is 19.4 Å². The Hall–Kier alpha value is -3.53. The van der Waals surface area contributed by atoms with Gasteiger partial charge in [0.25, 0.3) is 0 Å². The van der Waals surface area contributed by atoms with Gasteiger partial charge in [0.1, 0.15) is 11.5 Å². The van der Waals surface area contributed by atoms with Gasteiger partial charge in [-0.1, -0.05) is 61.5 Å².